The summed E-state index contributed by atoms with van der Waals surface area (Å²) >= 11 is 1.21. The van der Waals surface area contributed by atoms with Gasteiger partial charge in [-0.1, -0.05) is 20.3 Å². The van der Waals surface area contributed by atoms with E-state index in [0.717, 1.165) is 0 Å². The molecule has 4 atom stereocenters. The van der Waals surface area contributed by atoms with Crippen LogP contribution in [0.15, 0.2) is 12.1 Å². The van der Waals surface area contributed by atoms with E-state index in [-0.39, 0.29) is 43.3 Å². The summed E-state index contributed by atoms with van der Waals surface area (Å²) in [6.45, 7) is 3.79. The highest BCUT2D eigenvalue weighted by Gasteiger charge is 2.37. The van der Waals surface area contributed by atoms with Crippen molar-refractivity contribution in [1.29, 1.82) is 0 Å². The van der Waals surface area contributed by atoms with Gasteiger partial charge in [-0.15, -0.1) is 24.2 Å². The average Bonchev–Trinajstić information content (AvgIpc) is 3.19. The Morgan fingerprint density at radius 2 is 1.88 bits per heavy atom. The second-order valence-electron chi connectivity index (χ2n) is 7.55. The van der Waals surface area contributed by atoms with E-state index < -0.39 is 52.7 Å². The summed E-state index contributed by atoms with van der Waals surface area (Å²) in [5.41, 5.74) is 5.76. The number of carbonyl (C=O) groups is 3. The van der Waals surface area contributed by atoms with E-state index >= 15 is 0 Å². The number of rotatable bonds is 9. The highest BCUT2D eigenvalue weighted by molar-refractivity contribution is 8.00. The van der Waals surface area contributed by atoms with E-state index in [0.29, 0.717) is 24.3 Å². The van der Waals surface area contributed by atoms with E-state index in [2.05, 4.69) is 5.32 Å². The van der Waals surface area contributed by atoms with Gasteiger partial charge in [-0.3, -0.25) is 9.59 Å². The maximum atomic E-state index is 13.8. The Labute approximate surface area is 194 Å². The number of carboxylic acids is 1. The fraction of sp³-hybridized carbons (Fsp3) is 0.550. The number of thioether (sulfide) groups is 1. The van der Waals surface area contributed by atoms with Gasteiger partial charge in [-0.05, 0) is 24.0 Å². The van der Waals surface area contributed by atoms with Crippen molar-refractivity contribution in [2.24, 2.45) is 11.7 Å². The van der Waals surface area contributed by atoms with Crippen LogP contribution in [0, 0.1) is 23.4 Å². The minimum Gasteiger partial charge on any atom is -0.480 e. The van der Waals surface area contributed by atoms with Gasteiger partial charge >= 0.3 is 5.97 Å². The number of hydrogen-bond acceptors (Lipinski definition) is 5. The molecule has 1 saturated heterocycles. The first-order valence-corrected chi connectivity index (χ1v) is 10.9. The monoisotopic (exact) mass is 497 g/mol. The number of nitrogens with one attached hydrogen (secondary N) is 1. The van der Waals surface area contributed by atoms with Crippen LogP contribution in [0.25, 0.3) is 0 Å². The molecule has 2 amide bonds. The fourth-order valence-electron chi connectivity index (χ4n) is 3.27. The first-order chi connectivity index (χ1) is 14.5. The van der Waals surface area contributed by atoms with Crippen molar-refractivity contribution >= 4 is 42.0 Å². The van der Waals surface area contributed by atoms with Gasteiger partial charge in [-0.25, -0.2) is 18.0 Å². The number of carbonyl (C=O) groups excluding carboxylic acids is 2. The lowest BCUT2D eigenvalue weighted by molar-refractivity contribution is -0.144. The zero-order valence-corrected chi connectivity index (χ0v) is 19.3. The minimum atomic E-state index is -1.31. The SMILES string of the molecule is CCC(C)C(NC(=O)C1SCCN1C(=O)C[C@H](N)Cc1cc(F)c(F)cc1F)C(=O)O.Cl. The Morgan fingerprint density at radius 1 is 1.25 bits per heavy atom. The van der Waals surface area contributed by atoms with Crippen molar-refractivity contribution in [2.75, 3.05) is 12.3 Å². The summed E-state index contributed by atoms with van der Waals surface area (Å²) < 4.78 is 40.2. The smallest absolute Gasteiger partial charge is 0.326 e. The highest BCUT2D eigenvalue weighted by Crippen LogP contribution is 2.26. The summed E-state index contributed by atoms with van der Waals surface area (Å²) in [6.07, 6.45) is 0.116. The zero-order chi connectivity index (χ0) is 23.3. The quantitative estimate of drug-likeness (QED) is 0.451. The number of aliphatic carboxylic acids is 1. The topological polar surface area (TPSA) is 113 Å². The largest absolute Gasteiger partial charge is 0.480 e. The molecule has 2 rings (SSSR count). The molecule has 32 heavy (non-hydrogen) atoms. The molecule has 0 saturated carbocycles. The molecule has 0 aromatic heterocycles. The number of nitrogens with zero attached hydrogens (tertiary/aromatic N) is 1. The van der Waals surface area contributed by atoms with Gasteiger partial charge in [0.15, 0.2) is 17.0 Å². The molecule has 1 aliphatic rings. The summed E-state index contributed by atoms with van der Waals surface area (Å²) in [5, 5.41) is 11.0. The van der Waals surface area contributed by atoms with Crippen LogP contribution in [-0.4, -0.2) is 57.5 Å². The Kier molecular flexibility index (Phi) is 10.8. The van der Waals surface area contributed by atoms with Gasteiger partial charge in [0.2, 0.25) is 5.91 Å². The molecule has 1 fully saturated rings. The maximum absolute atomic E-state index is 13.8. The molecule has 12 heteroatoms. The Bertz CT molecular complexity index is 849. The summed E-state index contributed by atoms with van der Waals surface area (Å²) in [7, 11) is 0. The molecule has 0 radical (unpaired) electrons. The predicted octanol–water partition coefficient (Wildman–Crippen LogP) is 2.30. The lowest BCUT2D eigenvalue weighted by atomic mass is 9.99. The van der Waals surface area contributed by atoms with Crippen LogP contribution in [0.4, 0.5) is 13.2 Å². The van der Waals surface area contributed by atoms with E-state index in [1.807, 2.05) is 6.92 Å². The number of halogens is 4. The van der Waals surface area contributed by atoms with Crippen molar-refractivity contribution in [3.63, 3.8) is 0 Å². The number of hydrogen-bond donors (Lipinski definition) is 3. The molecule has 0 spiro atoms. The van der Waals surface area contributed by atoms with E-state index in [4.69, 9.17) is 5.73 Å². The molecule has 1 aromatic carbocycles. The predicted molar refractivity (Wildman–Crippen MR) is 117 cm³/mol. The lowest BCUT2D eigenvalue weighted by Crippen LogP contribution is -2.52. The lowest BCUT2D eigenvalue weighted by Gasteiger charge is -2.27. The highest BCUT2D eigenvalue weighted by atomic mass is 35.5. The van der Waals surface area contributed by atoms with Crippen molar-refractivity contribution in [3.05, 3.63) is 35.1 Å². The second kappa shape index (κ2) is 12.3. The number of carboxylic acid groups (broad SMARTS) is 1. The molecule has 3 unspecified atom stereocenters. The van der Waals surface area contributed by atoms with Crippen LogP contribution < -0.4 is 11.1 Å². The Balaban J connectivity index is 0.00000512. The number of nitrogens with two attached hydrogens (primary N) is 1. The third-order valence-electron chi connectivity index (χ3n) is 5.22. The van der Waals surface area contributed by atoms with E-state index in [1.54, 1.807) is 6.92 Å². The van der Waals surface area contributed by atoms with Gasteiger partial charge in [-0.2, -0.15) is 0 Å². The standard InChI is InChI=1S/C20H26F3N3O4S.ClH/c1-3-10(2)17(20(29)30)25-18(28)19-26(4-5-31-19)16(27)8-12(24)6-11-7-14(22)15(23)9-13(11)21;/h7,9-10,12,17,19H,3-6,8,24H2,1-2H3,(H,25,28)(H,29,30);1H/t10?,12-,17?,19?;/m1./s1. The maximum Gasteiger partial charge on any atom is 0.326 e. The van der Waals surface area contributed by atoms with Crippen molar-refractivity contribution in [3.8, 4) is 0 Å². The zero-order valence-electron chi connectivity index (χ0n) is 17.6. The van der Waals surface area contributed by atoms with Gasteiger partial charge in [0.1, 0.15) is 11.9 Å². The third-order valence-corrected chi connectivity index (χ3v) is 6.42. The van der Waals surface area contributed by atoms with E-state index in [9.17, 15) is 32.7 Å². The second-order valence-corrected chi connectivity index (χ2v) is 8.73. The van der Waals surface area contributed by atoms with Crippen LogP contribution >= 0.6 is 24.2 Å². The summed E-state index contributed by atoms with van der Waals surface area (Å²) in [6, 6.07) is -0.826. The molecule has 180 valence electrons. The Hall–Kier alpha value is -1.98. The molecule has 1 aromatic rings. The van der Waals surface area contributed by atoms with Crippen molar-refractivity contribution < 1.29 is 32.7 Å². The summed E-state index contributed by atoms with van der Waals surface area (Å²) in [4.78, 5) is 38.1. The first-order valence-electron chi connectivity index (χ1n) is 9.88. The normalized spacial score (nSPS) is 18.4. The minimum absolute atomic E-state index is 0. The van der Waals surface area contributed by atoms with Crippen LogP contribution in [0.3, 0.4) is 0 Å². The van der Waals surface area contributed by atoms with E-state index in [1.165, 1.54) is 16.7 Å². The average molecular weight is 498 g/mol. The molecule has 1 heterocycles. The van der Waals surface area contributed by atoms with Gasteiger partial charge < -0.3 is 21.1 Å². The van der Waals surface area contributed by atoms with Crippen LogP contribution in [0.5, 0.6) is 0 Å². The molecule has 1 aliphatic heterocycles. The Morgan fingerprint density at radius 3 is 2.47 bits per heavy atom. The van der Waals surface area contributed by atoms with Crippen molar-refractivity contribution in [2.45, 2.75) is 50.6 Å². The third kappa shape index (κ3) is 7.01. The number of amides is 2. The van der Waals surface area contributed by atoms with Crippen LogP contribution in [0.2, 0.25) is 0 Å². The van der Waals surface area contributed by atoms with Crippen LogP contribution in [-0.2, 0) is 20.8 Å². The van der Waals surface area contributed by atoms with Crippen molar-refractivity contribution in [1.82, 2.24) is 10.2 Å². The molecular weight excluding hydrogens is 471 g/mol. The summed E-state index contributed by atoms with van der Waals surface area (Å²) in [5.74, 6) is -5.49. The molecule has 4 N–H and O–H groups in total. The van der Waals surface area contributed by atoms with Gasteiger partial charge in [0, 0.05) is 30.8 Å². The van der Waals surface area contributed by atoms with Gasteiger partial charge in [0.05, 0.1) is 0 Å². The molecule has 7 nitrogen and oxygen atoms in total. The molecule has 0 aliphatic carbocycles. The fourth-order valence-corrected chi connectivity index (χ4v) is 4.41. The van der Waals surface area contributed by atoms with Gasteiger partial charge in [0.25, 0.3) is 5.91 Å². The number of benzene rings is 1. The molecule has 0 bridgehead atoms. The molecular formula is C20H27ClF3N3O4S. The van der Waals surface area contributed by atoms with Crippen LogP contribution in [0.1, 0.15) is 32.3 Å². The first kappa shape index (κ1) is 28.1.